The Labute approximate surface area is 122 Å². The second-order valence-corrected chi connectivity index (χ2v) is 5.37. The van der Waals surface area contributed by atoms with Crippen molar-refractivity contribution in [3.05, 3.63) is 23.8 Å². The zero-order chi connectivity index (χ0) is 15.1. The normalized spacial score (nSPS) is 14.2. The van der Waals surface area contributed by atoms with E-state index in [-0.39, 0.29) is 6.04 Å². The van der Waals surface area contributed by atoms with Crippen LogP contribution in [-0.4, -0.2) is 31.9 Å². The zero-order valence-corrected chi connectivity index (χ0v) is 13.1. The summed E-state index contributed by atoms with van der Waals surface area (Å²) in [5.41, 5.74) is 0.759. The van der Waals surface area contributed by atoms with E-state index in [1.54, 1.807) is 14.2 Å². The zero-order valence-electron chi connectivity index (χ0n) is 13.1. The van der Waals surface area contributed by atoms with Crippen LogP contribution in [0.15, 0.2) is 18.2 Å². The maximum Gasteiger partial charge on any atom is 0.124 e. The quantitative estimate of drug-likeness (QED) is 0.769. The van der Waals surface area contributed by atoms with Gasteiger partial charge in [0.2, 0.25) is 0 Å². The Bertz CT molecular complexity index is 407. The first-order valence-electron chi connectivity index (χ1n) is 7.16. The van der Waals surface area contributed by atoms with Gasteiger partial charge in [0, 0.05) is 11.6 Å². The van der Waals surface area contributed by atoms with E-state index in [0.29, 0.717) is 11.7 Å². The van der Waals surface area contributed by atoms with Crippen LogP contribution in [0.5, 0.6) is 11.5 Å². The van der Waals surface area contributed by atoms with Gasteiger partial charge < -0.3 is 19.9 Å². The van der Waals surface area contributed by atoms with E-state index in [9.17, 15) is 5.11 Å². The molecule has 0 heterocycles. The fourth-order valence-corrected chi connectivity index (χ4v) is 2.15. The van der Waals surface area contributed by atoms with Crippen LogP contribution < -0.4 is 14.8 Å². The summed E-state index contributed by atoms with van der Waals surface area (Å²) in [6.07, 6.45) is 0.220. The molecule has 0 spiro atoms. The molecule has 0 bridgehead atoms. The highest BCUT2D eigenvalue weighted by Crippen LogP contribution is 2.31. The Balaban J connectivity index is 2.94. The SMILES string of the molecule is CCC(NCC(C)C)C(O)c1cc(OC)ccc1OC. The van der Waals surface area contributed by atoms with Crippen LogP contribution in [0.2, 0.25) is 0 Å². The standard InChI is InChI=1S/C16H27NO3/c1-6-14(17-10-11(2)3)16(18)13-9-12(19-4)7-8-15(13)20-5/h7-9,11,14,16-18H,6,10H2,1-5H3. The first-order valence-corrected chi connectivity index (χ1v) is 7.16. The van der Waals surface area contributed by atoms with Crippen molar-refractivity contribution < 1.29 is 14.6 Å². The average molecular weight is 281 g/mol. The maximum atomic E-state index is 10.6. The van der Waals surface area contributed by atoms with Crippen LogP contribution in [0.25, 0.3) is 0 Å². The number of hydrogen-bond donors (Lipinski definition) is 2. The molecule has 0 radical (unpaired) electrons. The molecule has 0 aliphatic carbocycles. The molecule has 1 rings (SSSR count). The summed E-state index contributed by atoms with van der Waals surface area (Å²) in [5.74, 6) is 1.95. The fraction of sp³-hybridized carbons (Fsp3) is 0.625. The molecule has 2 unspecified atom stereocenters. The lowest BCUT2D eigenvalue weighted by Crippen LogP contribution is -2.36. The predicted octanol–water partition coefficient (Wildman–Crippen LogP) is 2.76. The van der Waals surface area contributed by atoms with Crippen LogP contribution in [0.1, 0.15) is 38.9 Å². The van der Waals surface area contributed by atoms with Gasteiger partial charge in [-0.25, -0.2) is 0 Å². The van der Waals surface area contributed by atoms with Crippen molar-refractivity contribution in [1.82, 2.24) is 5.32 Å². The van der Waals surface area contributed by atoms with E-state index in [0.717, 1.165) is 24.3 Å². The first kappa shape index (κ1) is 16.8. The van der Waals surface area contributed by atoms with Gasteiger partial charge >= 0.3 is 0 Å². The lowest BCUT2D eigenvalue weighted by Gasteiger charge is -2.25. The molecule has 114 valence electrons. The highest BCUT2D eigenvalue weighted by molar-refractivity contribution is 5.42. The maximum absolute atomic E-state index is 10.6. The third-order valence-electron chi connectivity index (χ3n) is 3.36. The van der Waals surface area contributed by atoms with Gasteiger partial charge in [0.25, 0.3) is 0 Å². The third kappa shape index (κ3) is 4.39. The van der Waals surface area contributed by atoms with Gasteiger partial charge in [-0.1, -0.05) is 20.8 Å². The summed E-state index contributed by atoms with van der Waals surface area (Å²) < 4.78 is 10.6. The van der Waals surface area contributed by atoms with Crippen molar-refractivity contribution in [3.8, 4) is 11.5 Å². The molecule has 20 heavy (non-hydrogen) atoms. The molecular formula is C16H27NO3. The van der Waals surface area contributed by atoms with Gasteiger partial charge in [0.1, 0.15) is 11.5 Å². The van der Waals surface area contributed by atoms with Crippen LogP contribution in [0.3, 0.4) is 0 Å². The monoisotopic (exact) mass is 281 g/mol. The molecule has 2 atom stereocenters. The topological polar surface area (TPSA) is 50.7 Å². The molecular weight excluding hydrogens is 254 g/mol. The Morgan fingerprint density at radius 3 is 2.40 bits per heavy atom. The molecule has 4 heteroatoms. The Kier molecular flexibility index (Phi) is 6.82. The number of methoxy groups -OCH3 is 2. The average Bonchev–Trinajstić information content (AvgIpc) is 2.46. The fourth-order valence-electron chi connectivity index (χ4n) is 2.15. The molecule has 0 fully saturated rings. The summed E-state index contributed by atoms with van der Waals surface area (Å²) >= 11 is 0. The second kappa shape index (κ2) is 8.12. The van der Waals surface area contributed by atoms with Gasteiger partial charge in [-0.05, 0) is 37.1 Å². The van der Waals surface area contributed by atoms with E-state index in [2.05, 4.69) is 26.1 Å². The number of rotatable bonds is 8. The van der Waals surface area contributed by atoms with Crippen LogP contribution in [0.4, 0.5) is 0 Å². The van der Waals surface area contributed by atoms with E-state index < -0.39 is 6.10 Å². The smallest absolute Gasteiger partial charge is 0.124 e. The van der Waals surface area contributed by atoms with Crippen molar-refractivity contribution in [1.29, 1.82) is 0 Å². The lowest BCUT2D eigenvalue weighted by atomic mass is 9.98. The summed E-state index contributed by atoms with van der Waals surface area (Å²) in [6, 6.07) is 5.49. The highest BCUT2D eigenvalue weighted by atomic mass is 16.5. The van der Waals surface area contributed by atoms with Crippen molar-refractivity contribution in [3.63, 3.8) is 0 Å². The summed E-state index contributed by atoms with van der Waals surface area (Å²) in [4.78, 5) is 0. The molecule has 1 aromatic rings. The minimum Gasteiger partial charge on any atom is -0.497 e. The highest BCUT2D eigenvalue weighted by Gasteiger charge is 2.23. The van der Waals surface area contributed by atoms with Gasteiger partial charge in [-0.2, -0.15) is 0 Å². The van der Waals surface area contributed by atoms with E-state index in [1.165, 1.54) is 0 Å². The van der Waals surface area contributed by atoms with Gasteiger partial charge in [0.15, 0.2) is 0 Å². The number of aliphatic hydroxyl groups excluding tert-OH is 1. The third-order valence-corrected chi connectivity index (χ3v) is 3.36. The molecule has 0 aliphatic rings. The van der Waals surface area contributed by atoms with Gasteiger partial charge in [-0.3, -0.25) is 0 Å². The van der Waals surface area contributed by atoms with E-state index >= 15 is 0 Å². The Hall–Kier alpha value is -1.26. The molecule has 4 nitrogen and oxygen atoms in total. The number of ether oxygens (including phenoxy) is 2. The van der Waals surface area contributed by atoms with E-state index in [4.69, 9.17) is 9.47 Å². The molecule has 1 aromatic carbocycles. The lowest BCUT2D eigenvalue weighted by molar-refractivity contribution is 0.121. The van der Waals surface area contributed by atoms with Crippen LogP contribution in [0, 0.1) is 5.92 Å². The second-order valence-electron chi connectivity index (χ2n) is 5.37. The molecule has 0 saturated heterocycles. The molecule has 0 aliphatic heterocycles. The summed E-state index contributed by atoms with van der Waals surface area (Å²) in [7, 11) is 3.23. The Morgan fingerprint density at radius 1 is 1.20 bits per heavy atom. The van der Waals surface area contributed by atoms with Crippen molar-refractivity contribution >= 4 is 0 Å². The van der Waals surface area contributed by atoms with Crippen molar-refractivity contribution in [2.75, 3.05) is 20.8 Å². The first-order chi connectivity index (χ1) is 9.53. The number of aliphatic hydroxyl groups is 1. The number of hydrogen-bond acceptors (Lipinski definition) is 4. The van der Waals surface area contributed by atoms with Gasteiger partial charge in [-0.15, -0.1) is 0 Å². The minimum atomic E-state index is -0.621. The molecule has 0 saturated carbocycles. The predicted molar refractivity (Wildman–Crippen MR) is 81.4 cm³/mol. The van der Waals surface area contributed by atoms with Crippen LogP contribution >= 0.6 is 0 Å². The van der Waals surface area contributed by atoms with Gasteiger partial charge in [0.05, 0.1) is 20.3 Å². The molecule has 2 N–H and O–H groups in total. The van der Waals surface area contributed by atoms with Crippen molar-refractivity contribution in [2.24, 2.45) is 5.92 Å². The van der Waals surface area contributed by atoms with Crippen molar-refractivity contribution in [2.45, 2.75) is 39.3 Å². The Morgan fingerprint density at radius 2 is 1.90 bits per heavy atom. The van der Waals surface area contributed by atoms with E-state index in [1.807, 2.05) is 18.2 Å². The number of nitrogens with one attached hydrogen (secondary N) is 1. The van der Waals surface area contributed by atoms with Crippen LogP contribution in [-0.2, 0) is 0 Å². The number of benzene rings is 1. The molecule has 0 aromatic heterocycles. The minimum absolute atomic E-state index is 0.00148. The molecule has 0 amide bonds. The largest absolute Gasteiger partial charge is 0.497 e. The summed E-state index contributed by atoms with van der Waals surface area (Å²) in [5, 5.41) is 14.0. The summed E-state index contributed by atoms with van der Waals surface area (Å²) in [6.45, 7) is 7.24.